The topological polar surface area (TPSA) is 73.2 Å². The molecule has 1 atom stereocenters. The fraction of sp³-hybridized carbons (Fsp3) is 0.190. The smallest absolute Gasteiger partial charge is 0.264 e. The first-order valence-electron chi connectivity index (χ1n) is 8.77. The Morgan fingerprint density at radius 2 is 1.89 bits per heavy atom. The summed E-state index contributed by atoms with van der Waals surface area (Å²) in [5.74, 6) is -0.647. The summed E-state index contributed by atoms with van der Waals surface area (Å²) < 4.78 is 0. The predicted molar refractivity (Wildman–Crippen MR) is 112 cm³/mol. The van der Waals surface area contributed by atoms with Crippen molar-refractivity contribution in [3.63, 3.8) is 0 Å². The Hall–Kier alpha value is -2.75. The first kappa shape index (κ1) is 20.0. The van der Waals surface area contributed by atoms with Crippen LogP contribution in [0.3, 0.4) is 0 Å². The molecule has 2 amide bonds. The molecule has 2 aromatic carbocycles. The number of benzene rings is 2. The number of nitrogens with zero attached hydrogens (tertiary/aromatic N) is 2. The molecule has 28 heavy (non-hydrogen) atoms. The van der Waals surface area contributed by atoms with Crippen molar-refractivity contribution < 1.29 is 9.59 Å². The molecule has 1 aliphatic rings. The minimum Gasteiger partial charge on any atom is -0.347 e. The van der Waals surface area contributed by atoms with Crippen LogP contribution in [0.5, 0.6) is 0 Å². The number of anilines is 1. The summed E-state index contributed by atoms with van der Waals surface area (Å²) in [5.41, 5.74) is 1.44. The quantitative estimate of drug-likeness (QED) is 0.589. The Morgan fingerprint density at radius 3 is 2.50 bits per heavy atom. The van der Waals surface area contributed by atoms with E-state index in [9.17, 15) is 14.9 Å². The normalized spacial score (nSPS) is 18.0. The van der Waals surface area contributed by atoms with E-state index in [1.807, 2.05) is 43.3 Å². The molecule has 1 unspecified atom stereocenters. The van der Waals surface area contributed by atoms with E-state index in [2.05, 4.69) is 5.32 Å². The first-order valence-corrected chi connectivity index (χ1v) is 10.0. The third kappa shape index (κ3) is 4.22. The van der Waals surface area contributed by atoms with E-state index in [0.29, 0.717) is 28.7 Å². The standard InChI is InChI=1S/C21H18ClN3O2S/c1-2-18-20(27)25(16-10-8-15(22)9-11-16)21(28-18)17(12-23)19(26)24-13-14-6-4-3-5-7-14/h3-11,18H,2,13H2,1H3,(H,24,26). The van der Waals surface area contributed by atoms with Crippen LogP contribution in [0.1, 0.15) is 18.9 Å². The van der Waals surface area contributed by atoms with Gasteiger partial charge in [-0.05, 0) is 36.2 Å². The van der Waals surface area contributed by atoms with E-state index in [0.717, 1.165) is 5.56 Å². The second-order valence-electron chi connectivity index (χ2n) is 6.13. The molecule has 142 valence electrons. The molecule has 0 aromatic heterocycles. The van der Waals surface area contributed by atoms with Crippen LogP contribution < -0.4 is 10.2 Å². The molecule has 1 aliphatic heterocycles. The van der Waals surface area contributed by atoms with Crippen LogP contribution in [0.4, 0.5) is 5.69 Å². The van der Waals surface area contributed by atoms with E-state index in [1.165, 1.54) is 16.7 Å². The van der Waals surface area contributed by atoms with Crippen LogP contribution in [0.15, 0.2) is 65.2 Å². The minimum atomic E-state index is -0.502. The van der Waals surface area contributed by atoms with E-state index >= 15 is 0 Å². The van der Waals surface area contributed by atoms with Crippen LogP contribution >= 0.6 is 23.4 Å². The number of thioether (sulfide) groups is 1. The Labute approximate surface area is 173 Å². The monoisotopic (exact) mass is 411 g/mol. The molecular weight excluding hydrogens is 394 g/mol. The zero-order valence-corrected chi connectivity index (χ0v) is 16.8. The number of hydrogen-bond donors (Lipinski definition) is 1. The Balaban J connectivity index is 1.93. The molecule has 1 fully saturated rings. The molecule has 0 bridgehead atoms. The van der Waals surface area contributed by atoms with E-state index < -0.39 is 5.91 Å². The van der Waals surface area contributed by atoms with Crippen molar-refractivity contribution in [2.45, 2.75) is 25.1 Å². The maximum Gasteiger partial charge on any atom is 0.264 e. The lowest BCUT2D eigenvalue weighted by molar-refractivity contribution is -0.117. The molecule has 5 nitrogen and oxygen atoms in total. The third-order valence-electron chi connectivity index (χ3n) is 4.26. The predicted octanol–water partition coefficient (Wildman–Crippen LogP) is 4.25. The Morgan fingerprint density at radius 1 is 1.21 bits per heavy atom. The third-order valence-corrected chi connectivity index (χ3v) is 5.94. The van der Waals surface area contributed by atoms with Gasteiger partial charge in [0.1, 0.15) is 16.7 Å². The van der Waals surface area contributed by atoms with Crippen LogP contribution in [-0.2, 0) is 16.1 Å². The Kier molecular flexibility index (Phi) is 6.40. The van der Waals surface area contributed by atoms with Crippen LogP contribution in [-0.4, -0.2) is 17.1 Å². The van der Waals surface area contributed by atoms with Gasteiger partial charge in [-0.15, -0.1) is 0 Å². The van der Waals surface area contributed by atoms with Gasteiger partial charge in [0.15, 0.2) is 0 Å². The van der Waals surface area contributed by atoms with Crippen LogP contribution in [0.2, 0.25) is 5.02 Å². The van der Waals surface area contributed by atoms with Crippen molar-refractivity contribution in [3.8, 4) is 6.07 Å². The lowest BCUT2D eigenvalue weighted by Gasteiger charge is -2.18. The highest BCUT2D eigenvalue weighted by Crippen LogP contribution is 2.41. The number of nitriles is 1. The number of carbonyl (C=O) groups excluding carboxylic acids is 2. The number of hydrogen-bond acceptors (Lipinski definition) is 4. The van der Waals surface area contributed by atoms with Gasteiger partial charge in [0.05, 0.1) is 5.25 Å². The summed E-state index contributed by atoms with van der Waals surface area (Å²) >= 11 is 7.20. The summed E-state index contributed by atoms with van der Waals surface area (Å²) in [5, 5.41) is 13.0. The SMILES string of the molecule is CCC1SC(=C(C#N)C(=O)NCc2ccccc2)N(c2ccc(Cl)cc2)C1=O. The lowest BCUT2D eigenvalue weighted by Crippen LogP contribution is -2.31. The van der Waals surface area contributed by atoms with Gasteiger partial charge in [-0.25, -0.2) is 0 Å². The van der Waals surface area contributed by atoms with Crippen molar-refractivity contribution in [2.24, 2.45) is 0 Å². The molecule has 3 rings (SSSR count). The first-order chi connectivity index (χ1) is 13.5. The molecular formula is C21H18ClN3O2S. The van der Waals surface area contributed by atoms with E-state index in [1.54, 1.807) is 24.3 Å². The Bertz CT molecular complexity index is 952. The molecule has 1 saturated heterocycles. The van der Waals surface area contributed by atoms with E-state index in [-0.39, 0.29) is 16.7 Å². The number of nitrogens with one attached hydrogen (secondary N) is 1. The highest BCUT2D eigenvalue weighted by molar-refractivity contribution is 8.05. The van der Waals surface area contributed by atoms with E-state index in [4.69, 9.17) is 11.6 Å². The molecule has 2 aromatic rings. The summed E-state index contributed by atoms with van der Waals surface area (Å²) in [6.45, 7) is 2.20. The van der Waals surface area contributed by atoms with Crippen LogP contribution in [0, 0.1) is 11.3 Å². The largest absolute Gasteiger partial charge is 0.347 e. The summed E-state index contributed by atoms with van der Waals surface area (Å²) in [6.07, 6.45) is 0.599. The van der Waals surface area contributed by atoms with Crippen molar-refractivity contribution >= 4 is 40.9 Å². The van der Waals surface area contributed by atoms with Crippen molar-refractivity contribution in [1.29, 1.82) is 5.26 Å². The maximum atomic E-state index is 12.9. The second kappa shape index (κ2) is 8.96. The van der Waals surface area contributed by atoms with Gasteiger partial charge in [-0.1, -0.05) is 60.6 Å². The van der Waals surface area contributed by atoms with Crippen molar-refractivity contribution in [3.05, 3.63) is 75.8 Å². The summed E-state index contributed by atoms with van der Waals surface area (Å²) in [6, 6.07) is 18.2. The fourth-order valence-corrected chi connectivity index (χ4v) is 4.13. The highest BCUT2D eigenvalue weighted by Gasteiger charge is 2.39. The van der Waals surface area contributed by atoms with Crippen molar-refractivity contribution in [1.82, 2.24) is 5.32 Å². The summed E-state index contributed by atoms with van der Waals surface area (Å²) in [7, 11) is 0. The molecule has 7 heteroatoms. The van der Waals surface area contributed by atoms with Crippen LogP contribution in [0.25, 0.3) is 0 Å². The molecule has 0 saturated carbocycles. The zero-order valence-electron chi connectivity index (χ0n) is 15.2. The highest BCUT2D eigenvalue weighted by atomic mass is 35.5. The molecule has 0 aliphatic carbocycles. The number of halogens is 1. The second-order valence-corrected chi connectivity index (χ2v) is 7.75. The maximum absolute atomic E-state index is 12.9. The van der Waals surface area contributed by atoms with Gasteiger partial charge in [0, 0.05) is 17.3 Å². The number of amides is 2. The molecule has 0 spiro atoms. The van der Waals surface area contributed by atoms with Crippen molar-refractivity contribution in [2.75, 3.05) is 4.90 Å². The molecule has 1 N–H and O–H groups in total. The van der Waals surface area contributed by atoms with Gasteiger partial charge in [0.25, 0.3) is 5.91 Å². The lowest BCUT2D eigenvalue weighted by atomic mass is 10.2. The van der Waals surface area contributed by atoms with Gasteiger partial charge >= 0.3 is 0 Å². The minimum absolute atomic E-state index is 0.0693. The zero-order chi connectivity index (χ0) is 20.1. The average molecular weight is 412 g/mol. The van der Waals surface area contributed by atoms with Gasteiger partial charge in [-0.3, -0.25) is 14.5 Å². The van der Waals surface area contributed by atoms with Gasteiger partial charge < -0.3 is 5.32 Å². The van der Waals surface area contributed by atoms with Gasteiger partial charge in [-0.2, -0.15) is 5.26 Å². The van der Waals surface area contributed by atoms with Gasteiger partial charge in [0.2, 0.25) is 5.91 Å². The molecule has 1 heterocycles. The summed E-state index contributed by atoms with van der Waals surface area (Å²) in [4.78, 5) is 27.0. The molecule has 0 radical (unpaired) electrons. The number of carbonyl (C=O) groups is 2. The average Bonchev–Trinajstić information content (AvgIpc) is 3.04. The fourth-order valence-electron chi connectivity index (χ4n) is 2.81. The number of rotatable bonds is 5.